The van der Waals surface area contributed by atoms with Crippen LogP contribution in [0.1, 0.15) is 29.7 Å². The first kappa shape index (κ1) is 20.9. The maximum absolute atomic E-state index is 12.9. The Balaban J connectivity index is 1.45. The first-order chi connectivity index (χ1) is 14.4. The van der Waals surface area contributed by atoms with E-state index in [2.05, 4.69) is 41.2 Å². The lowest BCUT2D eigenvalue weighted by atomic mass is 10.1. The number of amides is 1. The zero-order valence-electron chi connectivity index (χ0n) is 16.9. The molecule has 7 heteroatoms. The van der Waals surface area contributed by atoms with Crippen molar-refractivity contribution in [1.29, 1.82) is 0 Å². The third-order valence-electron chi connectivity index (χ3n) is 5.38. The molecule has 4 rings (SSSR count). The van der Waals surface area contributed by atoms with Crippen molar-refractivity contribution in [2.24, 2.45) is 0 Å². The van der Waals surface area contributed by atoms with Crippen LogP contribution in [0.5, 0.6) is 0 Å². The van der Waals surface area contributed by atoms with E-state index < -0.39 is 0 Å². The number of likely N-dealkylation sites (tertiary alicyclic amines) is 1. The molecule has 1 unspecified atom stereocenters. The second-order valence-electron chi connectivity index (χ2n) is 7.70. The zero-order valence-corrected chi connectivity index (χ0v) is 18.4. The molecule has 0 spiro atoms. The summed E-state index contributed by atoms with van der Waals surface area (Å²) in [4.78, 5) is 19.7. The number of rotatable bonds is 5. The molecule has 0 saturated carbocycles. The van der Waals surface area contributed by atoms with Crippen molar-refractivity contribution >= 4 is 34.8 Å². The van der Waals surface area contributed by atoms with Gasteiger partial charge in [-0.15, -0.1) is 0 Å². The lowest BCUT2D eigenvalue weighted by Gasteiger charge is -2.22. The summed E-state index contributed by atoms with van der Waals surface area (Å²) in [6, 6.07) is 11.0. The number of nitrogens with zero attached hydrogens (tertiary/aromatic N) is 2. The largest absolute Gasteiger partial charge is 0.444 e. The van der Waals surface area contributed by atoms with Crippen LogP contribution in [0.25, 0.3) is 11.5 Å². The van der Waals surface area contributed by atoms with E-state index in [4.69, 9.17) is 27.6 Å². The lowest BCUT2D eigenvalue weighted by molar-refractivity contribution is -0.120. The number of hydrogen-bond acceptors (Lipinski definition) is 4. The number of hydrogen-bond donors (Lipinski definition) is 1. The molecule has 156 valence electrons. The van der Waals surface area contributed by atoms with E-state index in [1.54, 1.807) is 24.5 Å². The number of aryl methyl sites for hydroxylation is 2. The van der Waals surface area contributed by atoms with E-state index in [1.807, 2.05) is 6.07 Å². The van der Waals surface area contributed by atoms with Gasteiger partial charge in [-0.25, -0.2) is 4.98 Å². The Morgan fingerprint density at radius 2 is 2.07 bits per heavy atom. The SMILES string of the molecule is Cc1ccc(-c2nc(CN3CCCC3C(=O)Nc3ccc(Cl)cc3Cl)co2)c(C)c1. The molecule has 2 heterocycles. The maximum Gasteiger partial charge on any atom is 0.241 e. The van der Waals surface area contributed by atoms with Crippen LogP contribution in [0, 0.1) is 13.8 Å². The molecule has 1 aromatic heterocycles. The minimum atomic E-state index is -0.238. The number of carbonyl (C=O) groups is 1. The summed E-state index contributed by atoms with van der Waals surface area (Å²) >= 11 is 12.1. The Bertz CT molecular complexity index is 1080. The number of anilines is 1. The van der Waals surface area contributed by atoms with Crippen LogP contribution in [0.4, 0.5) is 5.69 Å². The molecule has 1 aliphatic rings. The maximum atomic E-state index is 12.9. The summed E-state index contributed by atoms with van der Waals surface area (Å²) in [5, 5.41) is 3.88. The summed E-state index contributed by atoms with van der Waals surface area (Å²) in [6.07, 6.45) is 3.42. The van der Waals surface area contributed by atoms with Gasteiger partial charge in [-0.3, -0.25) is 9.69 Å². The first-order valence-corrected chi connectivity index (χ1v) is 10.7. The summed E-state index contributed by atoms with van der Waals surface area (Å²) in [5.74, 6) is 0.533. The van der Waals surface area contributed by atoms with Crippen LogP contribution in [-0.2, 0) is 11.3 Å². The first-order valence-electron chi connectivity index (χ1n) is 9.93. The van der Waals surface area contributed by atoms with Crippen molar-refractivity contribution in [3.05, 3.63) is 69.5 Å². The summed E-state index contributed by atoms with van der Waals surface area (Å²) < 4.78 is 5.73. The number of halogens is 2. The molecule has 0 radical (unpaired) electrons. The molecule has 0 aliphatic carbocycles. The van der Waals surface area contributed by atoms with Crippen molar-refractivity contribution in [3.8, 4) is 11.5 Å². The van der Waals surface area contributed by atoms with Gasteiger partial charge in [-0.2, -0.15) is 0 Å². The van der Waals surface area contributed by atoms with Gasteiger partial charge in [0.05, 0.1) is 22.4 Å². The topological polar surface area (TPSA) is 58.4 Å². The third kappa shape index (κ3) is 4.53. The fourth-order valence-corrected chi connectivity index (χ4v) is 4.34. The summed E-state index contributed by atoms with van der Waals surface area (Å²) in [7, 11) is 0. The Hall–Kier alpha value is -2.34. The Labute approximate surface area is 186 Å². The monoisotopic (exact) mass is 443 g/mol. The lowest BCUT2D eigenvalue weighted by Crippen LogP contribution is -2.39. The molecule has 1 N–H and O–H groups in total. The van der Waals surface area contributed by atoms with E-state index in [9.17, 15) is 4.79 Å². The van der Waals surface area contributed by atoms with Gasteiger partial charge in [0.25, 0.3) is 0 Å². The molecular formula is C23H23Cl2N3O2. The molecule has 1 fully saturated rings. The zero-order chi connectivity index (χ0) is 21.3. The van der Waals surface area contributed by atoms with E-state index in [0.29, 0.717) is 28.2 Å². The molecule has 1 amide bonds. The van der Waals surface area contributed by atoms with Crippen LogP contribution in [0.15, 0.2) is 47.1 Å². The highest BCUT2D eigenvalue weighted by molar-refractivity contribution is 6.36. The van der Waals surface area contributed by atoms with E-state index >= 15 is 0 Å². The van der Waals surface area contributed by atoms with E-state index in [1.165, 1.54) is 5.56 Å². The minimum absolute atomic E-state index is 0.0742. The van der Waals surface area contributed by atoms with Gasteiger partial charge >= 0.3 is 0 Å². The number of nitrogens with one attached hydrogen (secondary N) is 1. The molecule has 30 heavy (non-hydrogen) atoms. The van der Waals surface area contributed by atoms with Gasteiger partial charge in [0.15, 0.2) is 0 Å². The molecular weight excluding hydrogens is 421 g/mol. The van der Waals surface area contributed by atoms with Crippen molar-refractivity contribution in [2.75, 3.05) is 11.9 Å². The molecule has 0 bridgehead atoms. The number of aromatic nitrogens is 1. The van der Waals surface area contributed by atoms with Crippen LogP contribution in [-0.4, -0.2) is 28.4 Å². The van der Waals surface area contributed by atoms with Crippen molar-refractivity contribution in [1.82, 2.24) is 9.88 Å². The summed E-state index contributed by atoms with van der Waals surface area (Å²) in [6.45, 7) is 5.50. The molecule has 5 nitrogen and oxygen atoms in total. The molecule has 1 atom stereocenters. The molecule has 1 saturated heterocycles. The Morgan fingerprint density at radius 3 is 2.83 bits per heavy atom. The van der Waals surface area contributed by atoms with Crippen LogP contribution in [0.2, 0.25) is 10.0 Å². The van der Waals surface area contributed by atoms with Crippen molar-refractivity contribution in [2.45, 2.75) is 39.3 Å². The van der Waals surface area contributed by atoms with Crippen LogP contribution < -0.4 is 5.32 Å². The number of benzene rings is 2. The van der Waals surface area contributed by atoms with Gasteiger partial charge in [0, 0.05) is 17.1 Å². The van der Waals surface area contributed by atoms with E-state index in [-0.39, 0.29) is 11.9 Å². The van der Waals surface area contributed by atoms with Gasteiger partial charge < -0.3 is 9.73 Å². The number of carbonyl (C=O) groups excluding carboxylic acids is 1. The average molecular weight is 444 g/mol. The predicted molar refractivity (Wildman–Crippen MR) is 120 cm³/mol. The molecule has 3 aromatic rings. The van der Waals surface area contributed by atoms with Crippen molar-refractivity contribution < 1.29 is 9.21 Å². The number of oxazole rings is 1. The fraction of sp³-hybridized carbons (Fsp3) is 0.304. The highest BCUT2D eigenvalue weighted by Gasteiger charge is 2.31. The minimum Gasteiger partial charge on any atom is -0.444 e. The predicted octanol–water partition coefficient (Wildman–Crippen LogP) is 5.87. The van der Waals surface area contributed by atoms with Gasteiger partial charge in [-0.1, -0.05) is 40.9 Å². The van der Waals surface area contributed by atoms with Gasteiger partial charge in [0.2, 0.25) is 11.8 Å². The highest BCUT2D eigenvalue weighted by atomic mass is 35.5. The normalized spacial score (nSPS) is 16.7. The second-order valence-corrected chi connectivity index (χ2v) is 8.55. The quantitative estimate of drug-likeness (QED) is 0.535. The van der Waals surface area contributed by atoms with E-state index in [0.717, 1.165) is 36.2 Å². The van der Waals surface area contributed by atoms with Crippen molar-refractivity contribution in [3.63, 3.8) is 0 Å². The Morgan fingerprint density at radius 1 is 1.23 bits per heavy atom. The smallest absolute Gasteiger partial charge is 0.241 e. The third-order valence-corrected chi connectivity index (χ3v) is 5.93. The second kappa shape index (κ2) is 8.80. The molecule has 2 aromatic carbocycles. The molecule has 1 aliphatic heterocycles. The fourth-order valence-electron chi connectivity index (χ4n) is 3.88. The van der Waals surface area contributed by atoms with Crippen LogP contribution >= 0.6 is 23.2 Å². The standard InChI is InChI=1S/C23H23Cl2N3O2/c1-14-5-7-18(15(2)10-14)23-26-17(13-30-23)12-28-9-3-4-21(28)22(29)27-20-8-6-16(24)11-19(20)25/h5-8,10-11,13,21H,3-4,9,12H2,1-2H3,(H,27,29). The Kier molecular flexibility index (Phi) is 6.14. The van der Waals surface area contributed by atoms with Gasteiger partial charge in [0.1, 0.15) is 6.26 Å². The van der Waals surface area contributed by atoms with Crippen LogP contribution in [0.3, 0.4) is 0 Å². The highest BCUT2D eigenvalue weighted by Crippen LogP contribution is 2.28. The van der Waals surface area contributed by atoms with Gasteiger partial charge in [-0.05, 0) is 63.1 Å². The summed E-state index contributed by atoms with van der Waals surface area (Å²) in [5.41, 5.74) is 4.70. The average Bonchev–Trinajstić information content (AvgIpc) is 3.34.